The summed E-state index contributed by atoms with van der Waals surface area (Å²) in [5.41, 5.74) is 0. The maximum absolute atomic E-state index is 10.0. The zero-order valence-corrected chi connectivity index (χ0v) is 7.58. The van der Waals surface area contributed by atoms with E-state index >= 15 is 0 Å². The molecule has 4 nitrogen and oxygen atoms in total. The Kier molecular flexibility index (Phi) is 6.70. The van der Waals surface area contributed by atoms with Crippen LogP contribution in [0.25, 0.3) is 0 Å². The number of hydrogen-bond donors (Lipinski definition) is 1. The highest BCUT2D eigenvalue weighted by Crippen LogP contribution is 1.98. The van der Waals surface area contributed by atoms with Gasteiger partial charge in [0.25, 0.3) is 0 Å². The van der Waals surface area contributed by atoms with Gasteiger partial charge < -0.3 is 14.6 Å². The predicted molar refractivity (Wildman–Crippen MR) is 43.7 cm³/mol. The smallest absolute Gasteiger partial charge is 0.334 e. The van der Waals surface area contributed by atoms with Gasteiger partial charge in [-0.05, 0) is 19.8 Å². The lowest BCUT2D eigenvalue weighted by molar-refractivity contribution is -0.149. The van der Waals surface area contributed by atoms with E-state index in [9.17, 15) is 4.79 Å². The number of ether oxygens (including phenoxy) is 2. The molecule has 1 aliphatic heterocycles. The molecule has 0 radical (unpaired) electrons. The number of rotatable bonds is 1. The Morgan fingerprint density at radius 3 is 2.08 bits per heavy atom. The summed E-state index contributed by atoms with van der Waals surface area (Å²) in [6.07, 6.45) is 1.56. The number of hydrogen-bond acceptors (Lipinski definition) is 4. The van der Waals surface area contributed by atoms with Gasteiger partial charge in [-0.15, -0.1) is 0 Å². The Bertz CT molecular complexity index is 111. The summed E-state index contributed by atoms with van der Waals surface area (Å²) in [6.45, 7) is 3.35. The number of methoxy groups -OCH3 is 1. The molecule has 1 N–H and O–H groups in total. The van der Waals surface area contributed by atoms with E-state index in [0.717, 1.165) is 13.2 Å². The summed E-state index contributed by atoms with van der Waals surface area (Å²) in [5, 5.41) is 8.35. The maximum Gasteiger partial charge on any atom is 0.334 e. The molecule has 12 heavy (non-hydrogen) atoms. The van der Waals surface area contributed by atoms with Crippen LogP contribution in [0.5, 0.6) is 0 Å². The average molecular weight is 176 g/mol. The van der Waals surface area contributed by atoms with E-state index in [2.05, 4.69) is 4.74 Å². The predicted octanol–water partition coefficient (Wildman–Crippen LogP) is 0.337. The van der Waals surface area contributed by atoms with Gasteiger partial charge in [-0.3, -0.25) is 0 Å². The molecule has 0 amide bonds. The van der Waals surface area contributed by atoms with Crippen molar-refractivity contribution in [2.75, 3.05) is 20.3 Å². The topological polar surface area (TPSA) is 55.8 Å². The summed E-state index contributed by atoms with van der Waals surface area (Å²) in [5.74, 6) is -0.597. The molecule has 0 aromatic carbocycles. The van der Waals surface area contributed by atoms with Crippen molar-refractivity contribution in [2.24, 2.45) is 0 Å². The van der Waals surface area contributed by atoms with Gasteiger partial charge in [0.2, 0.25) is 0 Å². The van der Waals surface area contributed by atoms with E-state index in [-0.39, 0.29) is 0 Å². The van der Waals surface area contributed by atoms with Crippen molar-refractivity contribution in [2.45, 2.75) is 25.9 Å². The molecule has 0 saturated carbocycles. The van der Waals surface area contributed by atoms with Crippen molar-refractivity contribution in [3.8, 4) is 0 Å². The molecule has 1 heterocycles. The van der Waals surface area contributed by atoms with E-state index in [4.69, 9.17) is 9.84 Å². The lowest BCUT2D eigenvalue weighted by Gasteiger charge is -1.97. The molecule has 0 aromatic rings. The molecule has 1 fully saturated rings. The van der Waals surface area contributed by atoms with Gasteiger partial charge in [0.15, 0.2) is 0 Å². The molecule has 1 atom stereocenters. The average Bonchev–Trinajstić information content (AvgIpc) is 2.59. The van der Waals surface area contributed by atoms with E-state index in [1.807, 2.05) is 0 Å². The number of esters is 1. The van der Waals surface area contributed by atoms with Gasteiger partial charge in [0.1, 0.15) is 6.10 Å². The van der Waals surface area contributed by atoms with Crippen LogP contribution in [-0.4, -0.2) is 37.5 Å². The highest BCUT2D eigenvalue weighted by molar-refractivity contribution is 5.73. The van der Waals surface area contributed by atoms with Crippen molar-refractivity contribution in [1.82, 2.24) is 0 Å². The first-order valence-electron chi connectivity index (χ1n) is 4.02. The van der Waals surface area contributed by atoms with E-state index < -0.39 is 12.1 Å². The van der Waals surface area contributed by atoms with Crippen LogP contribution < -0.4 is 0 Å². The molecular formula is C8H16O4. The number of carbonyl (C=O) groups excluding carboxylic acids is 1. The molecule has 1 saturated heterocycles. The molecule has 0 aromatic heterocycles. The first kappa shape index (κ1) is 11.4. The van der Waals surface area contributed by atoms with Crippen LogP contribution in [0.4, 0.5) is 0 Å². The Hall–Kier alpha value is -0.610. The van der Waals surface area contributed by atoms with E-state index in [0.29, 0.717) is 0 Å². The summed E-state index contributed by atoms with van der Waals surface area (Å²) >= 11 is 0. The van der Waals surface area contributed by atoms with Gasteiger partial charge in [0.05, 0.1) is 7.11 Å². The first-order valence-corrected chi connectivity index (χ1v) is 4.02. The quantitative estimate of drug-likeness (QED) is 0.585. The zero-order chi connectivity index (χ0) is 9.40. The molecule has 0 aliphatic carbocycles. The molecule has 1 unspecified atom stereocenters. The molecule has 72 valence electrons. The zero-order valence-electron chi connectivity index (χ0n) is 7.58. The summed E-state index contributed by atoms with van der Waals surface area (Å²) in [6, 6.07) is 0. The van der Waals surface area contributed by atoms with Crippen molar-refractivity contribution in [3.05, 3.63) is 0 Å². The highest BCUT2D eigenvalue weighted by Gasteiger charge is 2.05. The van der Waals surface area contributed by atoms with E-state index in [1.165, 1.54) is 26.9 Å². The fourth-order valence-electron chi connectivity index (χ4n) is 0.681. The summed E-state index contributed by atoms with van der Waals surface area (Å²) < 4.78 is 9.07. The third-order valence-corrected chi connectivity index (χ3v) is 1.37. The van der Waals surface area contributed by atoms with Gasteiger partial charge in [0, 0.05) is 13.2 Å². The third kappa shape index (κ3) is 6.12. The molecule has 0 spiro atoms. The number of aliphatic hydroxyl groups excluding tert-OH is 1. The second-order valence-electron chi connectivity index (χ2n) is 2.52. The van der Waals surface area contributed by atoms with Crippen LogP contribution in [0.2, 0.25) is 0 Å². The number of aliphatic hydroxyl groups is 1. The van der Waals surface area contributed by atoms with Crippen LogP contribution in [-0.2, 0) is 14.3 Å². The van der Waals surface area contributed by atoms with Crippen molar-refractivity contribution >= 4 is 5.97 Å². The standard InChI is InChI=1S/C4H8O3.C4H8O/c1-3(5)4(6)7-2;1-2-4-5-3-1/h3,5H,1-2H3;1-4H2. The maximum atomic E-state index is 10.0. The van der Waals surface area contributed by atoms with Crippen LogP contribution in [0.15, 0.2) is 0 Å². The Labute approximate surface area is 72.5 Å². The van der Waals surface area contributed by atoms with Crippen LogP contribution >= 0.6 is 0 Å². The lowest BCUT2D eigenvalue weighted by atomic mass is 10.4. The minimum absolute atomic E-state index is 0.597. The summed E-state index contributed by atoms with van der Waals surface area (Å²) in [4.78, 5) is 10.0. The van der Waals surface area contributed by atoms with Gasteiger partial charge in [-0.25, -0.2) is 4.79 Å². The SMILES string of the molecule is C1CCOC1.COC(=O)C(C)O. The fourth-order valence-corrected chi connectivity index (χ4v) is 0.681. The Balaban J connectivity index is 0.000000211. The molecule has 0 bridgehead atoms. The van der Waals surface area contributed by atoms with Gasteiger partial charge in [-0.2, -0.15) is 0 Å². The van der Waals surface area contributed by atoms with Crippen LogP contribution in [0.3, 0.4) is 0 Å². The van der Waals surface area contributed by atoms with Gasteiger partial charge in [-0.1, -0.05) is 0 Å². The molecular weight excluding hydrogens is 160 g/mol. The second kappa shape index (κ2) is 7.06. The molecule has 4 heteroatoms. The summed E-state index contributed by atoms with van der Waals surface area (Å²) in [7, 11) is 1.23. The first-order chi connectivity index (χ1) is 5.68. The van der Waals surface area contributed by atoms with Gasteiger partial charge >= 0.3 is 5.97 Å². The van der Waals surface area contributed by atoms with Crippen LogP contribution in [0.1, 0.15) is 19.8 Å². The van der Waals surface area contributed by atoms with Crippen LogP contribution in [0, 0.1) is 0 Å². The lowest BCUT2D eigenvalue weighted by Crippen LogP contribution is -2.16. The van der Waals surface area contributed by atoms with Crippen molar-refractivity contribution in [3.63, 3.8) is 0 Å². The minimum atomic E-state index is -0.995. The van der Waals surface area contributed by atoms with E-state index in [1.54, 1.807) is 0 Å². The largest absolute Gasteiger partial charge is 0.467 e. The Morgan fingerprint density at radius 2 is 2.00 bits per heavy atom. The monoisotopic (exact) mass is 176 g/mol. The molecule has 1 rings (SSSR count). The highest BCUT2D eigenvalue weighted by atomic mass is 16.5. The van der Waals surface area contributed by atoms with Crippen molar-refractivity contribution < 1.29 is 19.4 Å². The number of carbonyl (C=O) groups is 1. The Morgan fingerprint density at radius 1 is 1.50 bits per heavy atom. The third-order valence-electron chi connectivity index (χ3n) is 1.37. The molecule has 1 aliphatic rings. The van der Waals surface area contributed by atoms with Crippen molar-refractivity contribution in [1.29, 1.82) is 0 Å². The normalized spacial score (nSPS) is 17.6. The fraction of sp³-hybridized carbons (Fsp3) is 0.875. The second-order valence-corrected chi connectivity index (χ2v) is 2.52. The minimum Gasteiger partial charge on any atom is -0.467 e.